The first-order valence-electron chi connectivity index (χ1n) is 4.90. The summed E-state index contributed by atoms with van der Waals surface area (Å²) in [6.07, 6.45) is 5.62. The first-order chi connectivity index (χ1) is 5.88. The van der Waals surface area contributed by atoms with Gasteiger partial charge in [0.2, 0.25) is 0 Å². The van der Waals surface area contributed by atoms with Crippen molar-refractivity contribution in [3.63, 3.8) is 0 Å². The fourth-order valence-corrected chi connectivity index (χ4v) is 3.21. The molecule has 2 rings (SSSR count). The van der Waals surface area contributed by atoms with Crippen LogP contribution in [0.25, 0.3) is 0 Å². The molecule has 1 nitrogen and oxygen atoms in total. The van der Waals surface area contributed by atoms with Gasteiger partial charge in [-0.2, -0.15) is 0 Å². The average Bonchev–Trinajstić information content (AvgIpc) is 2.57. The zero-order chi connectivity index (χ0) is 8.39. The molecule has 2 unspecified atom stereocenters. The van der Waals surface area contributed by atoms with Crippen LogP contribution in [0.2, 0.25) is 0 Å². The lowest BCUT2D eigenvalue weighted by atomic mass is 9.81. The van der Waals surface area contributed by atoms with E-state index < -0.39 is 0 Å². The summed E-state index contributed by atoms with van der Waals surface area (Å²) < 4.78 is 0. The number of nitrogens with zero attached hydrogens (tertiary/aromatic N) is 1. The summed E-state index contributed by atoms with van der Waals surface area (Å²) in [6.45, 7) is 4.44. The van der Waals surface area contributed by atoms with Crippen LogP contribution in [0.15, 0.2) is 4.99 Å². The fourth-order valence-electron chi connectivity index (χ4n) is 2.17. The number of hydrogen-bond donors (Lipinski definition) is 0. The third-order valence-corrected chi connectivity index (χ3v) is 3.97. The van der Waals surface area contributed by atoms with Gasteiger partial charge in [-0.05, 0) is 12.3 Å². The van der Waals surface area contributed by atoms with Crippen molar-refractivity contribution in [2.75, 3.05) is 5.75 Å². The zero-order valence-corrected chi connectivity index (χ0v) is 8.44. The summed E-state index contributed by atoms with van der Waals surface area (Å²) in [7, 11) is 0. The topological polar surface area (TPSA) is 12.4 Å². The highest BCUT2D eigenvalue weighted by molar-refractivity contribution is 8.14. The molecule has 67 valence electrons. The van der Waals surface area contributed by atoms with Crippen LogP contribution in [0.5, 0.6) is 0 Å². The predicted octanol–water partition coefficient (Wildman–Crippen LogP) is 3.12. The monoisotopic (exact) mass is 182 g/mol. The Bertz CT molecular complexity index is 188. The molecule has 1 fully saturated rings. The van der Waals surface area contributed by atoms with Crippen LogP contribution >= 0.6 is 11.8 Å². The van der Waals surface area contributed by atoms with Crippen LogP contribution < -0.4 is 0 Å². The molecule has 1 aliphatic carbocycles. The first kappa shape index (κ1) is 8.61. The van der Waals surface area contributed by atoms with Crippen LogP contribution in [-0.2, 0) is 0 Å². The lowest BCUT2D eigenvalue weighted by Gasteiger charge is -2.28. The smallest absolute Gasteiger partial charge is 0.0835 e. The van der Waals surface area contributed by atoms with E-state index in [1.54, 1.807) is 0 Å². The van der Waals surface area contributed by atoms with E-state index in [0.29, 0.717) is 0 Å². The molecule has 0 bridgehead atoms. The van der Waals surface area contributed by atoms with E-state index >= 15 is 0 Å². The van der Waals surface area contributed by atoms with Crippen molar-refractivity contribution in [3.8, 4) is 0 Å². The number of rotatable bonds is 1. The Kier molecular flexibility index (Phi) is 2.74. The summed E-state index contributed by atoms with van der Waals surface area (Å²) in [5.41, 5.74) is 0. The van der Waals surface area contributed by atoms with Gasteiger partial charge < -0.3 is 0 Å². The maximum Gasteiger partial charge on any atom is 0.0835 e. The second kappa shape index (κ2) is 3.82. The van der Waals surface area contributed by atoms with Crippen molar-refractivity contribution in [1.29, 1.82) is 0 Å². The maximum atomic E-state index is 4.46. The highest BCUT2D eigenvalue weighted by atomic mass is 32.2. The molecule has 0 aromatic heterocycles. The fraction of sp³-hybridized carbons (Fsp3) is 0.800. The van der Waals surface area contributed by atoms with Gasteiger partial charge in [-0.25, -0.2) is 0 Å². The molecule has 2 atom stereocenters. The minimum absolute atomic E-state index is 0.794. The van der Waals surface area contributed by atoms with Crippen LogP contribution in [0, 0.1) is 18.4 Å². The summed E-state index contributed by atoms with van der Waals surface area (Å²) >= 11 is 1.95. The van der Waals surface area contributed by atoms with Gasteiger partial charge in [-0.15, -0.1) is 11.8 Å². The molecule has 0 aromatic rings. The van der Waals surface area contributed by atoms with Crippen LogP contribution in [0.1, 0.15) is 32.6 Å². The molecule has 0 N–H and O–H groups in total. The van der Waals surface area contributed by atoms with E-state index in [0.717, 1.165) is 17.6 Å². The van der Waals surface area contributed by atoms with Crippen molar-refractivity contribution in [2.24, 2.45) is 16.8 Å². The second-order valence-corrected chi connectivity index (χ2v) is 4.87. The standard InChI is InChI=1S/C10H16NS/c1-8-4-2-3-5-9(8)10-11-6-7-12-10/h6,8-9H,2-5,7H2,1H3. The minimum Gasteiger partial charge on any atom is -0.276 e. The number of thioether (sulfide) groups is 1. The second-order valence-electron chi connectivity index (χ2n) is 3.83. The zero-order valence-electron chi connectivity index (χ0n) is 7.62. The predicted molar refractivity (Wildman–Crippen MR) is 55.3 cm³/mol. The molecule has 0 aromatic carbocycles. The van der Waals surface area contributed by atoms with Crippen molar-refractivity contribution in [2.45, 2.75) is 32.6 Å². The van der Waals surface area contributed by atoms with E-state index in [9.17, 15) is 0 Å². The number of hydrogen-bond acceptors (Lipinski definition) is 2. The summed E-state index contributed by atoms with van der Waals surface area (Å²) in [5, 5.41) is 1.42. The molecule has 2 aliphatic rings. The van der Waals surface area contributed by atoms with E-state index in [1.807, 2.05) is 11.8 Å². The van der Waals surface area contributed by atoms with Crippen LogP contribution in [0.4, 0.5) is 0 Å². The third-order valence-electron chi connectivity index (χ3n) is 2.95. The van der Waals surface area contributed by atoms with Crippen molar-refractivity contribution in [1.82, 2.24) is 0 Å². The van der Waals surface area contributed by atoms with E-state index in [4.69, 9.17) is 0 Å². The van der Waals surface area contributed by atoms with E-state index in [1.165, 1.54) is 30.7 Å². The molecule has 0 amide bonds. The van der Waals surface area contributed by atoms with Crippen molar-refractivity contribution >= 4 is 16.8 Å². The Morgan fingerprint density at radius 3 is 2.92 bits per heavy atom. The Morgan fingerprint density at radius 2 is 2.25 bits per heavy atom. The molecule has 2 heteroatoms. The average molecular weight is 182 g/mol. The normalized spacial score (nSPS) is 36.6. The SMILES string of the molecule is CC1CCCCC1C1=N[CH]CS1. The summed E-state index contributed by atoms with van der Waals surface area (Å²) in [4.78, 5) is 4.46. The maximum absolute atomic E-state index is 4.46. The van der Waals surface area contributed by atoms with Crippen molar-refractivity contribution in [3.05, 3.63) is 6.54 Å². The highest BCUT2D eigenvalue weighted by Crippen LogP contribution is 2.35. The van der Waals surface area contributed by atoms with E-state index in [-0.39, 0.29) is 0 Å². The minimum atomic E-state index is 0.794. The highest BCUT2D eigenvalue weighted by Gasteiger charge is 2.27. The summed E-state index contributed by atoms with van der Waals surface area (Å²) in [6, 6.07) is 0. The molecule has 0 saturated heterocycles. The molecule has 1 heterocycles. The Morgan fingerprint density at radius 1 is 1.42 bits per heavy atom. The quantitative estimate of drug-likeness (QED) is 0.607. The summed E-state index contributed by atoms with van der Waals surface area (Å²) in [5.74, 6) is 2.78. The lowest BCUT2D eigenvalue weighted by molar-refractivity contribution is 0.328. The van der Waals surface area contributed by atoms with Gasteiger partial charge >= 0.3 is 0 Å². The van der Waals surface area contributed by atoms with Gasteiger partial charge in [0.25, 0.3) is 0 Å². The molecular weight excluding hydrogens is 166 g/mol. The van der Waals surface area contributed by atoms with Gasteiger partial charge in [0.1, 0.15) is 0 Å². The van der Waals surface area contributed by atoms with Gasteiger partial charge in [-0.3, -0.25) is 4.99 Å². The third kappa shape index (κ3) is 1.68. The molecular formula is C10H16NS. The van der Waals surface area contributed by atoms with Gasteiger partial charge in [0.15, 0.2) is 0 Å². The molecule has 1 radical (unpaired) electrons. The van der Waals surface area contributed by atoms with E-state index in [2.05, 4.69) is 18.5 Å². The molecule has 0 spiro atoms. The molecule has 1 saturated carbocycles. The van der Waals surface area contributed by atoms with Gasteiger partial charge in [-0.1, -0.05) is 26.2 Å². The van der Waals surface area contributed by atoms with Crippen LogP contribution in [-0.4, -0.2) is 10.8 Å². The van der Waals surface area contributed by atoms with Gasteiger partial charge in [0, 0.05) is 11.7 Å². The lowest BCUT2D eigenvalue weighted by Crippen LogP contribution is -2.22. The van der Waals surface area contributed by atoms with Crippen molar-refractivity contribution < 1.29 is 0 Å². The first-order valence-corrected chi connectivity index (χ1v) is 5.88. The molecule has 12 heavy (non-hydrogen) atoms. The largest absolute Gasteiger partial charge is 0.276 e. The van der Waals surface area contributed by atoms with Crippen LogP contribution in [0.3, 0.4) is 0 Å². The Labute approximate surface area is 79.0 Å². The Hall–Kier alpha value is 0.0200. The number of aliphatic imine (C=N–C) groups is 1. The van der Waals surface area contributed by atoms with Gasteiger partial charge in [0.05, 0.1) is 11.6 Å². The molecule has 1 aliphatic heterocycles. The Balaban J connectivity index is 2.00.